The van der Waals surface area contributed by atoms with Crippen LogP contribution in [0.2, 0.25) is 0 Å². The molecule has 0 saturated heterocycles. The van der Waals surface area contributed by atoms with Crippen molar-refractivity contribution in [2.75, 3.05) is 0 Å². The molecule has 0 aliphatic rings. The lowest BCUT2D eigenvalue weighted by atomic mass is 9.65. The smallest absolute Gasteiger partial charge is 0.0703 e. The minimum Gasteiger partial charge on any atom is -0.143 e. The Balaban J connectivity index is 2.21. The third-order valence-electron chi connectivity index (χ3n) is 5.70. The van der Waals surface area contributed by atoms with Gasteiger partial charge in [0.25, 0.3) is 0 Å². The van der Waals surface area contributed by atoms with E-state index in [2.05, 4.69) is 85.4 Å². The first-order valence-electron chi connectivity index (χ1n) is 9.75. The average Bonchev–Trinajstić information content (AvgIpc) is 2.77. The quantitative estimate of drug-likeness (QED) is 0.139. The maximum absolute atomic E-state index is 4.77. The Bertz CT molecular complexity index is 1090. The van der Waals surface area contributed by atoms with Crippen LogP contribution in [0.3, 0.4) is 0 Å². The van der Waals surface area contributed by atoms with Crippen LogP contribution < -0.4 is 0 Å². The SMILES string of the molecule is Cc1c(S)cc(C(c2ccccc2)(c2ccccc2)c2cc(S)c(S)c(S)c2)cc1S. The minimum absolute atomic E-state index is 0.610. The standard InChI is InChI=1S/C26H22S5/c1-16-21(27)12-19(13-22(16)28)26(17-8-4-2-5-9-17,18-10-6-3-7-11-18)20-14-23(29)25(31)24(30)15-20/h2-15,27-31H,1H3. The van der Waals surface area contributed by atoms with Crippen molar-refractivity contribution in [2.45, 2.75) is 36.8 Å². The summed E-state index contributed by atoms with van der Waals surface area (Å²) in [6.45, 7) is 2.04. The highest BCUT2D eigenvalue weighted by atomic mass is 32.1. The van der Waals surface area contributed by atoms with Crippen LogP contribution in [-0.2, 0) is 5.41 Å². The van der Waals surface area contributed by atoms with Gasteiger partial charge in [-0.2, -0.15) is 0 Å². The fourth-order valence-corrected chi connectivity index (χ4v) is 5.44. The van der Waals surface area contributed by atoms with Gasteiger partial charge < -0.3 is 0 Å². The zero-order chi connectivity index (χ0) is 22.2. The molecule has 0 spiro atoms. The van der Waals surface area contributed by atoms with Gasteiger partial charge in [-0.25, -0.2) is 0 Å². The van der Waals surface area contributed by atoms with E-state index >= 15 is 0 Å². The lowest BCUT2D eigenvalue weighted by Crippen LogP contribution is -2.31. The first-order valence-corrected chi connectivity index (χ1v) is 12.0. The number of rotatable bonds is 4. The normalized spacial score (nSPS) is 11.5. The second-order valence-corrected chi connectivity index (χ2v) is 9.86. The van der Waals surface area contributed by atoms with Crippen LogP contribution >= 0.6 is 63.1 Å². The van der Waals surface area contributed by atoms with Crippen LogP contribution in [-0.4, -0.2) is 0 Å². The minimum atomic E-state index is -0.610. The first-order chi connectivity index (χ1) is 14.9. The summed E-state index contributed by atoms with van der Waals surface area (Å²) in [5.41, 5.74) is 4.86. The molecule has 0 aliphatic carbocycles. The van der Waals surface area contributed by atoms with Gasteiger partial charge in [0.1, 0.15) is 0 Å². The molecule has 4 rings (SSSR count). The Labute approximate surface area is 211 Å². The second-order valence-electron chi connectivity index (χ2n) is 7.48. The first kappa shape index (κ1) is 22.8. The van der Waals surface area contributed by atoms with Crippen molar-refractivity contribution in [3.05, 3.63) is 113 Å². The molecule has 0 atom stereocenters. The summed E-state index contributed by atoms with van der Waals surface area (Å²) >= 11 is 23.5. The second kappa shape index (κ2) is 9.24. The summed E-state index contributed by atoms with van der Waals surface area (Å²) in [7, 11) is 0. The van der Waals surface area contributed by atoms with Gasteiger partial charge in [0.05, 0.1) is 5.41 Å². The molecule has 0 aliphatic heterocycles. The lowest BCUT2D eigenvalue weighted by Gasteiger charge is -2.38. The molecule has 5 heteroatoms. The van der Waals surface area contributed by atoms with E-state index in [0.29, 0.717) is 0 Å². The molecule has 0 fully saturated rings. The van der Waals surface area contributed by atoms with Crippen LogP contribution in [0.5, 0.6) is 0 Å². The number of hydrogen-bond donors (Lipinski definition) is 5. The van der Waals surface area contributed by atoms with Gasteiger partial charge in [0.2, 0.25) is 0 Å². The van der Waals surface area contributed by atoms with Crippen molar-refractivity contribution in [1.29, 1.82) is 0 Å². The number of hydrogen-bond acceptors (Lipinski definition) is 5. The van der Waals surface area contributed by atoms with E-state index in [1.54, 1.807) is 0 Å². The average molecular weight is 495 g/mol. The van der Waals surface area contributed by atoms with Crippen molar-refractivity contribution in [2.24, 2.45) is 0 Å². The highest BCUT2D eigenvalue weighted by Gasteiger charge is 2.39. The third-order valence-corrected chi connectivity index (χ3v) is 8.17. The van der Waals surface area contributed by atoms with E-state index in [9.17, 15) is 0 Å². The van der Waals surface area contributed by atoms with E-state index in [1.165, 1.54) is 0 Å². The van der Waals surface area contributed by atoms with Gasteiger partial charge in [-0.3, -0.25) is 0 Å². The van der Waals surface area contributed by atoms with Crippen molar-refractivity contribution < 1.29 is 0 Å². The van der Waals surface area contributed by atoms with Crippen molar-refractivity contribution in [3.8, 4) is 0 Å². The summed E-state index contributed by atoms with van der Waals surface area (Å²) in [4.78, 5) is 4.14. The molecule has 4 aromatic rings. The Morgan fingerprint density at radius 1 is 0.484 bits per heavy atom. The molecule has 0 bridgehead atoms. The van der Waals surface area contributed by atoms with Crippen LogP contribution in [0.1, 0.15) is 27.8 Å². The molecule has 0 radical (unpaired) electrons. The molecular weight excluding hydrogens is 473 g/mol. The topological polar surface area (TPSA) is 0 Å². The van der Waals surface area contributed by atoms with E-state index in [-0.39, 0.29) is 0 Å². The molecule has 0 amide bonds. The molecule has 4 aromatic carbocycles. The summed E-state index contributed by atoms with van der Waals surface area (Å²) in [5.74, 6) is 0. The molecule has 0 heterocycles. The van der Waals surface area contributed by atoms with Gasteiger partial charge in [0.15, 0.2) is 0 Å². The molecule has 0 aromatic heterocycles. The molecule has 0 unspecified atom stereocenters. The number of thiol groups is 5. The summed E-state index contributed by atoms with van der Waals surface area (Å²) in [6.07, 6.45) is 0. The van der Waals surface area contributed by atoms with Crippen LogP contribution in [0.25, 0.3) is 0 Å². The largest absolute Gasteiger partial charge is 0.143 e. The molecule has 0 N–H and O–H groups in total. The molecular formula is C26H22S5. The van der Waals surface area contributed by atoms with Crippen molar-refractivity contribution in [3.63, 3.8) is 0 Å². The van der Waals surface area contributed by atoms with Crippen molar-refractivity contribution in [1.82, 2.24) is 0 Å². The predicted molar refractivity (Wildman–Crippen MR) is 146 cm³/mol. The van der Waals surface area contributed by atoms with Gasteiger partial charge in [-0.05, 0) is 59.0 Å². The maximum atomic E-state index is 4.77. The fourth-order valence-electron chi connectivity index (χ4n) is 4.10. The number of benzene rings is 4. The van der Waals surface area contributed by atoms with E-state index in [4.69, 9.17) is 50.5 Å². The Hall–Kier alpha value is -1.37. The monoisotopic (exact) mass is 494 g/mol. The van der Waals surface area contributed by atoms with Gasteiger partial charge in [-0.15, -0.1) is 63.1 Å². The lowest BCUT2D eigenvalue weighted by molar-refractivity contribution is 0.729. The molecule has 0 saturated carbocycles. The van der Waals surface area contributed by atoms with Crippen molar-refractivity contribution >= 4 is 63.1 Å². The van der Waals surface area contributed by atoms with E-state index in [0.717, 1.165) is 52.3 Å². The zero-order valence-electron chi connectivity index (χ0n) is 16.8. The third kappa shape index (κ3) is 4.07. The summed E-state index contributed by atoms with van der Waals surface area (Å²) in [5, 5.41) is 0. The highest BCUT2D eigenvalue weighted by Crippen LogP contribution is 2.48. The summed E-state index contributed by atoms with van der Waals surface area (Å²) < 4.78 is 0. The van der Waals surface area contributed by atoms with E-state index < -0.39 is 5.41 Å². The van der Waals surface area contributed by atoms with Gasteiger partial charge in [0, 0.05) is 24.5 Å². The van der Waals surface area contributed by atoms with E-state index in [1.807, 2.05) is 19.1 Å². The maximum Gasteiger partial charge on any atom is 0.0703 e. The Kier molecular flexibility index (Phi) is 6.80. The molecule has 31 heavy (non-hydrogen) atoms. The Morgan fingerprint density at radius 2 is 0.839 bits per heavy atom. The summed E-state index contributed by atoms with van der Waals surface area (Å²) in [6, 6.07) is 29.4. The zero-order valence-corrected chi connectivity index (χ0v) is 21.3. The van der Waals surface area contributed by atoms with Crippen LogP contribution in [0.15, 0.2) is 109 Å². The molecule has 156 valence electrons. The van der Waals surface area contributed by atoms with Crippen LogP contribution in [0.4, 0.5) is 0 Å². The van der Waals surface area contributed by atoms with Gasteiger partial charge >= 0.3 is 0 Å². The predicted octanol–water partition coefficient (Wildman–Crippen LogP) is 7.82. The van der Waals surface area contributed by atoms with Gasteiger partial charge in [-0.1, -0.05) is 60.7 Å². The van der Waals surface area contributed by atoms with Crippen LogP contribution in [0, 0.1) is 6.92 Å². The Morgan fingerprint density at radius 3 is 1.23 bits per heavy atom. The highest BCUT2D eigenvalue weighted by molar-refractivity contribution is 7.85. The fraction of sp³-hybridized carbons (Fsp3) is 0.0769. The molecule has 0 nitrogen and oxygen atoms in total.